The number of thiazole rings is 1. The molecule has 0 saturated carbocycles. The van der Waals surface area contributed by atoms with E-state index < -0.39 is 0 Å². The van der Waals surface area contributed by atoms with E-state index in [0.717, 1.165) is 30.2 Å². The number of hydrogen-bond donors (Lipinski definition) is 1. The van der Waals surface area contributed by atoms with Crippen LogP contribution in [-0.4, -0.2) is 29.6 Å². The number of aryl methyl sites for hydroxylation is 1. The number of ether oxygens (including phenoxy) is 2. The van der Waals surface area contributed by atoms with Crippen LogP contribution in [0.25, 0.3) is 0 Å². The average molecular weight is 346 g/mol. The number of nitrogens with zero attached hydrogens (tertiary/aromatic N) is 1. The van der Waals surface area contributed by atoms with Crippen LogP contribution in [0.4, 0.5) is 0 Å². The Morgan fingerprint density at radius 3 is 3.12 bits per heavy atom. The van der Waals surface area contributed by atoms with Crippen molar-refractivity contribution in [2.24, 2.45) is 0 Å². The van der Waals surface area contributed by atoms with Crippen molar-refractivity contribution in [1.82, 2.24) is 10.3 Å². The van der Waals surface area contributed by atoms with Gasteiger partial charge in [-0.25, -0.2) is 4.98 Å². The number of amides is 1. The third-order valence-electron chi connectivity index (χ3n) is 4.03. The topological polar surface area (TPSA) is 60.5 Å². The van der Waals surface area contributed by atoms with Gasteiger partial charge in [-0.05, 0) is 44.9 Å². The Kier molecular flexibility index (Phi) is 5.48. The first kappa shape index (κ1) is 16.9. The molecular formula is C18H22N2O3S. The van der Waals surface area contributed by atoms with Gasteiger partial charge in [0.25, 0.3) is 5.91 Å². The highest BCUT2D eigenvalue weighted by molar-refractivity contribution is 7.09. The number of carbonyl (C=O) groups is 1. The molecule has 2 aromatic rings. The van der Waals surface area contributed by atoms with Gasteiger partial charge in [-0.1, -0.05) is 6.07 Å². The molecule has 1 saturated heterocycles. The molecule has 5 nitrogen and oxygen atoms in total. The maximum Gasteiger partial charge on any atom is 0.251 e. The smallest absolute Gasteiger partial charge is 0.251 e. The van der Waals surface area contributed by atoms with Gasteiger partial charge in [-0.3, -0.25) is 4.79 Å². The third kappa shape index (κ3) is 4.33. The predicted molar refractivity (Wildman–Crippen MR) is 93.5 cm³/mol. The molecule has 128 valence electrons. The molecule has 1 aliphatic rings. The SMILES string of the molecule is Cc1nc(COc2cccc(C(=O)N[C@@H](C)[C@@H]3CCCO3)c2)cs1. The third-order valence-corrected chi connectivity index (χ3v) is 4.85. The average Bonchev–Trinajstić information content (AvgIpc) is 3.25. The summed E-state index contributed by atoms with van der Waals surface area (Å²) in [6, 6.07) is 7.23. The fourth-order valence-corrected chi connectivity index (χ4v) is 3.34. The summed E-state index contributed by atoms with van der Waals surface area (Å²) in [4.78, 5) is 16.8. The summed E-state index contributed by atoms with van der Waals surface area (Å²) in [6.45, 7) is 5.14. The van der Waals surface area contributed by atoms with Gasteiger partial charge in [0, 0.05) is 17.6 Å². The second-order valence-electron chi connectivity index (χ2n) is 5.99. The normalized spacial score (nSPS) is 18.3. The van der Waals surface area contributed by atoms with Gasteiger partial charge in [0.05, 0.1) is 22.8 Å². The van der Waals surface area contributed by atoms with E-state index in [2.05, 4.69) is 10.3 Å². The Hall–Kier alpha value is -1.92. The summed E-state index contributed by atoms with van der Waals surface area (Å²) in [5.41, 5.74) is 1.49. The Labute approximate surface area is 146 Å². The lowest BCUT2D eigenvalue weighted by molar-refractivity contribution is 0.0712. The van der Waals surface area contributed by atoms with Gasteiger partial charge in [0.1, 0.15) is 12.4 Å². The van der Waals surface area contributed by atoms with Crippen LogP contribution in [-0.2, 0) is 11.3 Å². The highest BCUT2D eigenvalue weighted by Gasteiger charge is 2.24. The molecule has 24 heavy (non-hydrogen) atoms. The van der Waals surface area contributed by atoms with Crippen molar-refractivity contribution in [2.45, 2.75) is 45.4 Å². The van der Waals surface area contributed by atoms with Crippen LogP contribution in [0.2, 0.25) is 0 Å². The first-order valence-electron chi connectivity index (χ1n) is 8.18. The molecule has 1 fully saturated rings. The van der Waals surface area contributed by atoms with Crippen molar-refractivity contribution in [2.75, 3.05) is 6.61 Å². The second kappa shape index (κ2) is 7.77. The molecular weight excluding hydrogens is 324 g/mol. The van der Waals surface area contributed by atoms with Crippen molar-refractivity contribution < 1.29 is 14.3 Å². The van der Waals surface area contributed by atoms with E-state index in [1.165, 1.54) is 0 Å². The van der Waals surface area contributed by atoms with Crippen LogP contribution in [0.3, 0.4) is 0 Å². The summed E-state index contributed by atoms with van der Waals surface area (Å²) < 4.78 is 11.4. The lowest BCUT2D eigenvalue weighted by Crippen LogP contribution is -2.40. The summed E-state index contributed by atoms with van der Waals surface area (Å²) >= 11 is 1.60. The molecule has 2 heterocycles. The van der Waals surface area contributed by atoms with Crippen LogP contribution in [0.5, 0.6) is 5.75 Å². The molecule has 1 aromatic heterocycles. The Morgan fingerprint density at radius 2 is 2.42 bits per heavy atom. The predicted octanol–water partition coefficient (Wildman–Crippen LogP) is 3.33. The zero-order valence-electron chi connectivity index (χ0n) is 14.0. The molecule has 0 bridgehead atoms. The zero-order chi connectivity index (χ0) is 16.9. The van der Waals surface area contributed by atoms with Crippen LogP contribution < -0.4 is 10.1 Å². The number of rotatable bonds is 6. The number of nitrogens with one attached hydrogen (secondary N) is 1. The molecule has 1 N–H and O–H groups in total. The lowest BCUT2D eigenvalue weighted by atomic mass is 10.1. The summed E-state index contributed by atoms with van der Waals surface area (Å²) in [5.74, 6) is 0.561. The minimum atomic E-state index is -0.104. The minimum Gasteiger partial charge on any atom is -0.487 e. The van der Waals surface area contributed by atoms with Gasteiger partial charge in [-0.15, -0.1) is 11.3 Å². The van der Waals surface area contributed by atoms with E-state index in [-0.39, 0.29) is 18.1 Å². The fourth-order valence-electron chi connectivity index (χ4n) is 2.74. The van der Waals surface area contributed by atoms with Gasteiger partial charge in [-0.2, -0.15) is 0 Å². The zero-order valence-corrected chi connectivity index (χ0v) is 14.8. The molecule has 0 spiro atoms. The first-order valence-corrected chi connectivity index (χ1v) is 9.06. The van der Waals surface area contributed by atoms with Gasteiger partial charge >= 0.3 is 0 Å². The van der Waals surface area contributed by atoms with Crippen molar-refractivity contribution in [3.8, 4) is 5.75 Å². The number of hydrogen-bond acceptors (Lipinski definition) is 5. The van der Waals surface area contributed by atoms with Crippen LogP contribution in [0.1, 0.15) is 40.8 Å². The summed E-state index contributed by atoms with van der Waals surface area (Å²) in [5, 5.41) is 6.01. The van der Waals surface area contributed by atoms with E-state index in [1.54, 1.807) is 23.5 Å². The molecule has 0 unspecified atom stereocenters. The Morgan fingerprint density at radius 1 is 1.54 bits per heavy atom. The van der Waals surface area contributed by atoms with E-state index in [1.807, 2.05) is 31.4 Å². The van der Waals surface area contributed by atoms with E-state index in [0.29, 0.717) is 17.9 Å². The number of aromatic nitrogens is 1. The highest BCUT2D eigenvalue weighted by atomic mass is 32.1. The lowest BCUT2D eigenvalue weighted by Gasteiger charge is -2.20. The van der Waals surface area contributed by atoms with Gasteiger partial charge < -0.3 is 14.8 Å². The highest BCUT2D eigenvalue weighted by Crippen LogP contribution is 2.18. The number of carbonyl (C=O) groups excluding carboxylic acids is 1. The van der Waals surface area contributed by atoms with Crippen molar-refractivity contribution in [3.63, 3.8) is 0 Å². The maximum absolute atomic E-state index is 12.4. The number of benzene rings is 1. The molecule has 3 rings (SSSR count). The molecule has 6 heteroatoms. The van der Waals surface area contributed by atoms with Crippen LogP contribution in [0.15, 0.2) is 29.6 Å². The molecule has 0 aliphatic carbocycles. The molecule has 1 amide bonds. The van der Waals surface area contributed by atoms with Gasteiger partial charge in [0.15, 0.2) is 0 Å². The van der Waals surface area contributed by atoms with Crippen LogP contribution in [0, 0.1) is 6.92 Å². The summed E-state index contributed by atoms with van der Waals surface area (Å²) in [7, 11) is 0. The van der Waals surface area contributed by atoms with Crippen molar-refractivity contribution in [1.29, 1.82) is 0 Å². The molecule has 1 aromatic carbocycles. The molecule has 0 radical (unpaired) electrons. The van der Waals surface area contributed by atoms with Crippen molar-refractivity contribution >= 4 is 17.2 Å². The molecule has 2 atom stereocenters. The van der Waals surface area contributed by atoms with Crippen LogP contribution >= 0.6 is 11.3 Å². The van der Waals surface area contributed by atoms with E-state index in [9.17, 15) is 4.79 Å². The Bertz CT molecular complexity index is 695. The van der Waals surface area contributed by atoms with Gasteiger partial charge in [0.2, 0.25) is 0 Å². The first-order chi connectivity index (χ1) is 11.6. The second-order valence-corrected chi connectivity index (χ2v) is 7.05. The fraction of sp³-hybridized carbons (Fsp3) is 0.444. The molecule has 1 aliphatic heterocycles. The standard InChI is InChI=1S/C18H22N2O3S/c1-12(17-7-4-8-22-17)19-18(21)14-5-3-6-16(9-14)23-10-15-11-24-13(2)20-15/h3,5-6,9,11-12,17H,4,7-8,10H2,1-2H3,(H,19,21)/t12-,17-/m0/s1. The Balaban J connectivity index is 1.58. The largest absolute Gasteiger partial charge is 0.487 e. The minimum absolute atomic E-state index is 0.00237. The van der Waals surface area contributed by atoms with E-state index >= 15 is 0 Å². The quantitative estimate of drug-likeness (QED) is 0.871. The maximum atomic E-state index is 12.4. The van der Waals surface area contributed by atoms with Crippen molar-refractivity contribution in [3.05, 3.63) is 45.9 Å². The van der Waals surface area contributed by atoms with E-state index in [4.69, 9.17) is 9.47 Å². The summed E-state index contributed by atoms with van der Waals surface area (Å²) in [6.07, 6.45) is 2.17. The monoisotopic (exact) mass is 346 g/mol.